The predicted octanol–water partition coefficient (Wildman–Crippen LogP) is 3.63. The van der Waals surface area contributed by atoms with Gasteiger partial charge >= 0.3 is 0 Å². The number of nitriles is 1. The molecule has 0 aliphatic carbocycles. The van der Waals surface area contributed by atoms with Crippen molar-refractivity contribution in [3.8, 4) is 11.8 Å². The number of carbonyl (C=O) groups is 1. The summed E-state index contributed by atoms with van der Waals surface area (Å²) in [7, 11) is 0. The molecule has 0 unspecified atom stereocenters. The van der Waals surface area contributed by atoms with Gasteiger partial charge in [-0.05, 0) is 54.8 Å². The SMILES string of the molecule is Cc1cc(Cl)ccc1OCC(=O)N1CCCN(Cc2ccc(C#N)cc2)CC1. The molecule has 0 spiro atoms. The van der Waals surface area contributed by atoms with E-state index in [0.717, 1.165) is 38.2 Å². The fraction of sp³-hybridized carbons (Fsp3) is 0.364. The van der Waals surface area contributed by atoms with Gasteiger partial charge in [0.2, 0.25) is 0 Å². The van der Waals surface area contributed by atoms with Gasteiger partial charge in [0.1, 0.15) is 5.75 Å². The average molecular weight is 398 g/mol. The number of nitrogens with zero attached hydrogens (tertiary/aromatic N) is 3. The Morgan fingerprint density at radius 3 is 2.64 bits per heavy atom. The Labute approximate surface area is 171 Å². The number of halogens is 1. The highest BCUT2D eigenvalue weighted by molar-refractivity contribution is 6.30. The van der Waals surface area contributed by atoms with E-state index < -0.39 is 0 Å². The van der Waals surface area contributed by atoms with Gasteiger partial charge in [0.15, 0.2) is 6.61 Å². The Kier molecular flexibility index (Phi) is 6.91. The van der Waals surface area contributed by atoms with Crippen molar-refractivity contribution >= 4 is 17.5 Å². The van der Waals surface area contributed by atoms with E-state index in [1.807, 2.05) is 42.2 Å². The second kappa shape index (κ2) is 9.59. The molecule has 1 fully saturated rings. The van der Waals surface area contributed by atoms with Crippen LogP contribution in [-0.2, 0) is 11.3 Å². The Bertz CT molecular complexity index is 861. The molecule has 1 saturated heterocycles. The summed E-state index contributed by atoms with van der Waals surface area (Å²) in [5, 5.41) is 9.56. The first-order valence-corrected chi connectivity index (χ1v) is 9.81. The maximum absolute atomic E-state index is 12.6. The van der Waals surface area contributed by atoms with Gasteiger partial charge in [0, 0.05) is 37.7 Å². The molecule has 1 aliphatic heterocycles. The summed E-state index contributed by atoms with van der Waals surface area (Å²) in [6.45, 7) is 5.99. The van der Waals surface area contributed by atoms with Crippen molar-refractivity contribution in [1.29, 1.82) is 5.26 Å². The molecule has 0 N–H and O–H groups in total. The van der Waals surface area contributed by atoms with Crippen LogP contribution in [0, 0.1) is 18.3 Å². The molecular formula is C22H24ClN3O2. The van der Waals surface area contributed by atoms with Crippen LogP contribution in [0.15, 0.2) is 42.5 Å². The molecule has 2 aromatic rings. The minimum absolute atomic E-state index is 0.00886. The number of ether oxygens (including phenoxy) is 1. The molecule has 0 atom stereocenters. The largest absolute Gasteiger partial charge is 0.483 e. The van der Waals surface area contributed by atoms with Gasteiger partial charge in [-0.3, -0.25) is 9.69 Å². The van der Waals surface area contributed by atoms with E-state index in [1.165, 1.54) is 5.56 Å². The molecule has 0 aromatic heterocycles. The summed E-state index contributed by atoms with van der Waals surface area (Å²) >= 11 is 5.96. The maximum atomic E-state index is 12.6. The highest BCUT2D eigenvalue weighted by atomic mass is 35.5. The van der Waals surface area contributed by atoms with Gasteiger partial charge in [0.05, 0.1) is 11.6 Å². The third-order valence-corrected chi connectivity index (χ3v) is 5.15. The molecule has 1 heterocycles. The van der Waals surface area contributed by atoms with Crippen LogP contribution in [-0.4, -0.2) is 48.5 Å². The lowest BCUT2D eigenvalue weighted by molar-refractivity contribution is -0.133. The van der Waals surface area contributed by atoms with Crippen LogP contribution in [0.3, 0.4) is 0 Å². The van der Waals surface area contributed by atoms with Gasteiger partial charge in [-0.1, -0.05) is 23.7 Å². The van der Waals surface area contributed by atoms with Crippen LogP contribution >= 0.6 is 11.6 Å². The van der Waals surface area contributed by atoms with Crippen LogP contribution in [0.1, 0.15) is 23.1 Å². The third-order valence-electron chi connectivity index (χ3n) is 4.92. The van der Waals surface area contributed by atoms with Crippen molar-refractivity contribution in [3.63, 3.8) is 0 Å². The highest BCUT2D eigenvalue weighted by Crippen LogP contribution is 2.22. The summed E-state index contributed by atoms with van der Waals surface area (Å²) in [5.41, 5.74) is 2.78. The van der Waals surface area contributed by atoms with Crippen molar-refractivity contribution in [3.05, 3.63) is 64.2 Å². The maximum Gasteiger partial charge on any atom is 0.260 e. The number of aryl methyl sites for hydroxylation is 1. The van der Waals surface area contributed by atoms with Gasteiger partial charge in [-0.25, -0.2) is 0 Å². The van der Waals surface area contributed by atoms with E-state index in [-0.39, 0.29) is 12.5 Å². The molecule has 1 amide bonds. The summed E-state index contributed by atoms with van der Waals surface area (Å²) < 4.78 is 5.70. The minimum atomic E-state index is 0.00886. The van der Waals surface area contributed by atoms with Crippen molar-refractivity contribution < 1.29 is 9.53 Å². The molecule has 1 aliphatic rings. The van der Waals surface area contributed by atoms with Gasteiger partial charge in [-0.15, -0.1) is 0 Å². The summed E-state index contributed by atoms with van der Waals surface area (Å²) in [6, 6.07) is 15.2. The molecule has 6 heteroatoms. The first-order chi connectivity index (χ1) is 13.5. The number of amides is 1. The number of hydrogen-bond donors (Lipinski definition) is 0. The van der Waals surface area contributed by atoms with E-state index >= 15 is 0 Å². The monoisotopic (exact) mass is 397 g/mol. The Morgan fingerprint density at radius 1 is 1.14 bits per heavy atom. The number of carbonyl (C=O) groups excluding carboxylic acids is 1. The molecule has 2 aromatic carbocycles. The van der Waals surface area contributed by atoms with Crippen LogP contribution in [0.5, 0.6) is 5.75 Å². The third kappa shape index (κ3) is 5.48. The lowest BCUT2D eigenvalue weighted by Crippen LogP contribution is -2.38. The van der Waals surface area contributed by atoms with Crippen LogP contribution in [0.2, 0.25) is 5.02 Å². The Balaban J connectivity index is 1.49. The Hall–Kier alpha value is -2.55. The zero-order valence-electron chi connectivity index (χ0n) is 16.0. The topological polar surface area (TPSA) is 56.6 Å². The van der Waals surface area contributed by atoms with Gasteiger partial charge in [0.25, 0.3) is 5.91 Å². The van der Waals surface area contributed by atoms with Crippen molar-refractivity contribution in [2.24, 2.45) is 0 Å². The fourth-order valence-corrected chi connectivity index (χ4v) is 3.55. The van der Waals surface area contributed by atoms with E-state index in [0.29, 0.717) is 22.9 Å². The van der Waals surface area contributed by atoms with E-state index in [2.05, 4.69) is 11.0 Å². The first kappa shape index (κ1) is 20.2. The van der Waals surface area contributed by atoms with Crippen LogP contribution in [0.25, 0.3) is 0 Å². The van der Waals surface area contributed by atoms with Crippen molar-refractivity contribution in [2.45, 2.75) is 19.9 Å². The van der Waals surface area contributed by atoms with Crippen molar-refractivity contribution in [2.75, 3.05) is 32.8 Å². The molecule has 28 heavy (non-hydrogen) atoms. The van der Waals surface area contributed by atoms with E-state index in [1.54, 1.807) is 12.1 Å². The second-order valence-electron chi connectivity index (χ2n) is 7.02. The molecule has 0 saturated carbocycles. The summed E-state index contributed by atoms with van der Waals surface area (Å²) in [5.74, 6) is 0.699. The highest BCUT2D eigenvalue weighted by Gasteiger charge is 2.20. The van der Waals surface area contributed by atoms with E-state index in [4.69, 9.17) is 21.6 Å². The normalized spacial score (nSPS) is 15.0. The molecule has 146 valence electrons. The number of rotatable bonds is 5. The lowest BCUT2D eigenvalue weighted by atomic mass is 10.1. The molecule has 5 nitrogen and oxygen atoms in total. The molecule has 0 radical (unpaired) electrons. The zero-order valence-corrected chi connectivity index (χ0v) is 16.8. The van der Waals surface area contributed by atoms with Crippen molar-refractivity contribution in [1.82, 2.24) is 9.80 Å². The number of benzene rings is 2. The van der Waals surface area contributed by atoms with Crippen LogP contribution < -0.4 is 4.74 Å². The fourth-order valence-electron chi connectivity index (χ4n) is 3.33. The smallest absolute Gasteiger partial charge is 0.260 e. The standard InChI is InChI=1S/C22H24ClN3O2/c1-17-13-20(23)7-8-21(17)28-16-22(27)26-10-2-9-25(11-12-26)15-19-5-3-18(14-24)4-6-19/h3-8,13H,2,9-12,15-16H2,1H3. The summed E-state index contributed by atoms with van der Waals surface area (Å²) in [4.78, 5) is 16.8. The first-order valence-electron chi connectivity index (χ1n) is 9.43. The number of hydrogen-bond acceptors (Lipinski definition) is 4. The van der Waals surface area contributed by atoms with Crippen LogP contribution in [0.4, 0.5) is 0 Å². The molecule has 0 bridgehead atoms. The predicted molar refractivity (Wildman–Crippen MR) is 109 cm³/mol. The summed E-state index contributed by atoms with van der Waals surface area (Å²) in [6.07, 6.45) is 0.933. The molecular weight excluding hydrogens is 374 g/mol. The second-order valence-corrected chi connectivity index (χ2v) is 7.45. The lowest BCUT2D eigenvalue weighted by Gasteiger charge is -2.22. The van der Waals surface area contributed by atoms with E-state index in [9.17, 15) is 4.79 Å². The van der Waals surface area contributed by atoms with Gasteiger partial charge < -0.3 is 9.64 Å². The average Bonchev–Trinajstić information content (AvgIpc) is 2.93. The molecule has 3 rings (SSSR count). The quantitative estimate of drug-likeness (QED) is 0.773. The van der Waals surface area contributed by atoms with Gasteiger partial charge in [-0.2, -0.15) is 5.26 Å². The Morgan fingerprint density at radius 2 is 1.93 bits per heavy atom. The zero-order chi connectivity index (χ0) is 19.9. The minimum Gasteiger partial charge on any atom is -0.483 e.